The maximum atomic E-state index is 12.6. The maximum Gasteiger partial charge on any atom is 0.339 e. The van der Waals surface area contributed by atoms with Gasteiger partial charge in [0.25, 0.3) is 5.91 Å². The molecule has 1 aliphatic heterocycles. The molecular formula is C22H18N2O3. The third-order valence-electron chi connectivity index (χ3n) is 4.65. The molecule has 2 heterocycles. The van der Waals surface area contributed by atoms with E-state index in [4.69, 9.17) is 4.74 Å². The first-order valence-corrected chi connectivity index (χ1v) is 8.73. The number of aromatic nitrogens is 1. The Labute approximate surface area is 157 Å². The van der Waals surface area contributed by atoms with Gasteiger partial charge in [0.05, 0.1) is 5.56 Å². The molecule has 27 heavy (non-hydrogen) atoms. The van der Waals surface area contributed by atoms with Gasteiger partial charge < -0.3 is 10.1 Å². The first-order chi connectivity index (χ1) is 13.1. The Morgan fingerprint density at radius 1 is 1.11 bits per heavy atom. The molecule has 0 aliphatic carbocycles. The number of nitrogens with zero attached hydrogens (tertiary/aromatic N) is 1. The molecule has 2 aromatic carbocycles. The predicted molar refractivity (Wildman–Crippen MR) is 102 cm³/mol. The molecule has 0 bridgehead atoms. The Hall–Kier alpha value is -3.47. The SMILES string of the molecule is Cc1cccnc1NC(=O)c1ccc2c(c1)C[C@@H](c1ccccc1)OC2=O. The molecule has 5 nitrogen and oxygen atoms in total. The average molecular weight is 358 g/mol. The molecule has 0 saturated carbocycles. The quantitative estimate of drug-likeness (QED) is 0.716. The number of benzene rings is 2. The van der Waals surface area contributed by atoms with Crippen molar-refractivity contribution in [1.29, 1.82) is 0 Å². The van der Waals surface area contributed by atoms with Crippen molar-refractivity contribution in [1.82, 2.24) is 4.98 Å². The summed E-state index contributed by atoms with van der Waals surface area (Å²) >= 11 is 0. The summed E-state index contributed by atoms with van der Waals surface area (Å²) < 4.78 is 5.56. The second-order valence-electron chi connectivity index (χ2n) is 6.50. The van der Waals surface area contributed by atoms with Crippen LogP contribution >= 0.6 is 0 Å². The van der Waals surface area contributed by atoms with E-state index < -0.39 is 0 Å². The Kier molecular flexibility index (Phi) is 4.42. The van der Waals surface area contributed by atoms with Gasteiger partial charge in [0, 0.05) is 18.2 Å². The number of hydrogen-bond donors (Lipinski definition) is 1. The van der Waals surface area contributed by atoms with Crippen molar-refractivity contribution in [2.24, 2.45) is 0 Å². The third kappa shape index (κ3) is 3.44. The monoisotopic (exact) mass is 358 g/mol. The van der Waals surface area contributed by atoms with Gasteiger partial charge in [-0.1, -0.05) is 36.4 Å². The van der Waals surface area contributed by atoms with Crippen LogP contribution in [0.3, 0.4) is 0 Å². The summed E-state index contributed by atoms with van der Waals surface area (Å²) in [7, 11) is 0. The van der Waals surface area contributed by atoms with Crippen molar-refractivity contribution in [2.45, 2.75) is 19.4 Å². The van der Waals surface area contributed by atoms with Crippen LogP contribution in [0.15, 0.2) is 66.9 Å². The number of carbonyl (C=O) groups is 2. The highest BCUT2D eigenvalue weighted by atomic mass is 16.5. The summed E-state index contributed by atoms with van der Waals surface area (Å²) in [6.45, 7) is 1.88. The van der Waals surface area contributed by atoms with Crippen molar-refractivity contribution < 1.29 is 14.3 Å². The van der Waals surface area contributed by atoms with Gasteiger partial charge in [0.2, 0.25) is 0 Å². The Morgan fingerprint density at radius 3 is 2.70 bits per heavy atom. The highest BCUT2D eigenvalue weighted by molar-refractivity contribution is 6.05. The summed E-state index contributed by atoms with van der Waals surface area (Å²) in [6, 6.07) is 18.4. The van der Waals surface area contributed by atoms with E-state index in [1.165, 1.54) is 0 Å². The van der Waals surface area contributed by atoms with Crippen LogP contribution in [-0.2, 0) is 11.2 Å². The van der Waals surface area contributed by atoms with E-state index >= 15 is 0 Å². The molecule has 1 aliphatic rings. The number of rotatable bonds is 3. The predicted octanol–water partition coefficient (Wildman–Crippen LogP) is 4.10. The molecular weight excluding hydrogens is 340 g/mol. The lowest BCUT2D eigenvalue weighted by atomic mass is 9.93. The molecule has 0 unspecified atom stereocenters. The molecule has 0 fully saturated rings. The summed E-state index contributed by atoms with van der Waals surface area (Å²) in [6.07, 6.45) is 1.83. The summed E-state index contributed by atoms with van der Waals surface area (Å²) in [5, 5.41) is 2.82. The number of cyclic esters (lactones) is 1. The number of aryl methyl sites for hydroxylation is 1. The van der Waals surface area contributed by atoms with Crippen LogP contribution in [0, 0.1) is 6.92 Å². The lowest BCUT2D eigenvalue weighted by Crippen LogP contribution is -2.23. The van der Waals surface area contributed by atoms with Crippen LogP contribution in [0.4, 0.5) is 5.82 Å². The van der Waals surface area contributed by atoms with Gasteiger partial charge in [-0.15, -0.1) is 0 Å². The lowest BCUT2D eigenvalue weighted by molar-refractivity contribution is 0.0252. The van der Waals surface area contributed by atoms with Crippen molar-refractivity contribution in [3.05, 3.63) is 94.7 Å². The van der Waals surface area contributed by atoms with Crippen LogP contribution in [0.1, 0.15) is 43.5 Å². The van der Waals surface area contributed by atoms with E-state index in [-0.39, 0.29) is 18.0 Å². The van der Waals surface area contributed by atoms with Gasteiger partial charge in [0.1, 0.15) is 11.9 Å². The van der Waals surface area contributed by atoms with Crippen molar-refractivity contribution >= 4 is 17.7 Å². The van der Waals surface area contributed by atoms with Crippen LogP contribution in [0.2, 0.25) is 0 Å². The third-order valence-corrected chi connectivity index (χ3v) is 4.65. The average Bonchev–Trinajstić information content (AvgIpc) is 2.70. The summed E-state index contributed by atoms with van der Waals surface area (Å²) in [5.74, 6) is -0.0887. The maximum absolute atomic E-state index is 12.6. The number of nitrogens with one attached hydrogen (secondary N) is 1. The van der Waals surface area contributed by atoms with Gasteiger partial charge in [-0.25, -0.2) is 9.78 Å². The van der Waals surface area contributed by atoms with Gasteiger partial charge >= 0.3 is 5.97 Å². The topological polar surface area (TPSA) is 68.3 Å². The van der Waals surface area contributed by atoms with Gasteiger partial charge in [-0.3, -0.25) is 4.79 Å². The van der Waals surface area contributed by atoms with E-state index in [2.05, 4.69) is 10.3 Å². The summed E-state index contributed by atoms with van der Waals surface area (Å²) in [4.78, 5) is 29.2. The number of anilines is 1. The van der Waals surface area contributed by atoms with Crippen LogP contribution < -0.4 is 5.32 Å². The molecule has 1 aromatic heterocycles. The highest BCUT2D eigenvalue weighted by Crippen LogP contribution is 2.31. The number of amides is 1. The number of pyridine rings is 1. The molecule has 1 amide bonds. The van der Waals surface area contributed by atoms with Gasteiger partial charge in [-0.2, -0.15) is 0 Å². The van der Waals surface area contributed by atoms with Gasteiger partial charge in [0.15, 0.2) is 0 Å². The van der Waals surface area contributed by atoms with E-state index in [0.717, 1.165) is 16.7 Å². The molecule has 0 saturated heterocycles. The fourth-order valence-electron chi connectivity index (χ4n) is 3.19. The number of esters is 1. The largest absolute Gasteiger partial charge is 0.454 e. The number of hydrogen-bond acceptors (Lipinski definition) is 4. The minimum atomic E-state index is -0.363. The second-order valence-corrected chi connectivity index (χ2v) is 6.50. The van der Waals surface area contributed by atoms with E-state index in [1.807, 2.05) is 49.4 Å². The first kappa shape index (κ1) is 17.0. The normalized spacial score (nSPS) is 15.6. The zero-order valence-electron chi connectivity index (χ0n) is 14.8. The molecule has 0 radical (unpaired) electrons. The molecule has 134 valence electrons. The summed E-state index contributed by atoms with van der Waals surface area (Å²) in [5.41, 5.74) is 3.63. The van der Waals surface area contributed by atoms with Crippen LogP contribution in [0.5, 0.6) is 0 Å². The Morgan fingerprint density at radius 2 is 1.93 bits per heavy atom. The second kappa shape index (κ2) is 7.03. The zero-order chi connectivity index (χ0) is 18.8. The van der Waals surface area contributed by atoms with E-state index in [1.54, 1.807) is 24.4 Å². The van der Waals surface area contributed by atoms with E-state index in [9.17, 15) is 9.59 Å². The van der Waals surface area contributed by atoms with Crippen molar-refractivity contribution in [3.63, 3.8) is 0 Å². The van der Waals surface area contributed by atoms with Crippen molar-refractivity contribution in [3.8, 4) is 0 Å². The smallest absolute Gasteiger partial charge is 0.339 e. The number of ether oxygens (including phenoxy) is 1. The number of carbonyl (C=O) groups excluding carboxylic acids is 2. The Balaban J connectivity index is 1.60. The fraction of sp³-hybridized carbons (Fsp3) is 0.136. The van der Waals surface area contributed by atoms with Gasteiger partial charge in [-0.05, 0) is 47.9 Å². The van der Waals surface area contributed by atoms with E-state index in [0.29, 0.717) is 23.4 Å². The fourth-order valence-corrected chi connectivity index (χ4v) is 3.19. The zero-order valence-corrected chi connectivity index (χ0v) is 14.8. The standard InChI is InChI=1S/C22H18N2O3/c1-14-6-5-11-23-20(14)24-21(25)16-9-10-18-17(12-16)13-19(27-22(18)26)15-7-3-2-4-8-15/h2-12,19H,13H2,1H3,(H,23,24,25)/t19-/m0/s1. The van der Waals surface area contributed by atoms with Crippen LogP contribution in [0.25, 0.3) is 0 Å². The molecule has 5 heteroatoms. The molecule has 1 N–H and O–H groups in total. The molecule has 3 aromatic rings. The van der Waals surface area contributed by atoms with Crippen molar-refractivity contribution in [2.75, 3.05) is 5.32 Å². The molecule has 0 spiro atoms. The Bertz CT molecular complexity index is 1020. The number of fused-ring (bicyclic) bond motifs is 1. The molecule has 4 rings (SSSR count). The molecule has 1 atom stereocenters. The van der Waals surface area contributed by atoms with Crippen LogP contribution in [-0.4, -0.2) is 16.9 Å². The minimum Gasteiger partial charge on any atom is -0.454 e. The minimum absolute atomic E-state index is 0.255. The highest BCUT2D eigenvalue weighted by Gasteiger charge is 2.28. The first-order valence-electron chi connectivity index (χ1n) is 8.73. The lowest BCUT2D eigenvalue weighted by Gasteiger charge is -2.25.